The Bertz CT molecular complexity index is 326. The lowest BCUT2D eigenvalue weighted by atomic mass is 10.6. The molecule has 1 saturated carbocycles. The molecule has 0 bridgehead atoms. The van der Waals surface area contributed by atoms with Crippen LogP contribution in [0.25, 0.3) is 0 Å². The normalized spacial score (nSPS) is 16.7. The highest BCUT2D eigenvalue weighted by Crippen LogP contribution is 2.24. The lowest BCUT2D eigenvalue weighted by molar-refractivity contribution is 0.485. The zero-order chi connectivity index (χ0) is 10.7. The third-order valence-electron chi connectivity index (χ3n) is 2.53. The van der Waals surface area contributed by atoms with Gasteiger partial charge in [-0.3, -0.25) is 9.67 Å². The molecule has 0 amide bonds. The maximum Gasteiger partial charge on any atom is 0.191 e. The summed E-state index contributed by atoms with van der Waals surface area (Å²) >= 11 is 0. The molecular weight excluding hydrogens is 192 g/mol. The van der Waals surface area contributed by atoms with Crippen LogP contribution in [-0.4, -0.2) is 45.3 Å². The largest absolute Gasteiger partial charge is 0.370 e. The van der Waals surface area contributed by atoms with Crippen molar-refractivity contribution < 1.29 is 0 Å². The molecule has 0 aliphatic heterocycles. The van der Waals surface area contributed by atoms with E-state index in [0.29, 0.717) is 18.5 Å². The van der Waals surface area contributed by atoms with Crippen molar-refractivity contribution in [3.8, 4) is 0 Å². The van der Waals surface area contributed by atoms with Crippen LogP contribution >= 0.6 is 0 Å². The Kier molecular flexibility index (Phi) is 2.84. The second-order valence-corrected chi connectivity index (χ2v) is 3.74. The van der Waals surface area contributed by atoms with Crippen molar-refractivity contribution in [3.63, 3.8) is 0 Å². The second-order valence-electron chi connectivity index (χ2n) is 3.74. The molecule has 0 spiro atoms. The molecule has 1 aromatic rings. The molecule has 1 aromatic heterocycles. The van der Waals surface area contributed by atoms with E-state index in [1.807, 2.05) is 11.9 Å². The van der Waals surface area contributed by atoms with Crippen LogP contribution in [0.2, 0.25) is 0 Å². The van der Waals surface area contributed by atoms with Crippen LogP contribution in [0.3, 0.4) is 0 Å². The molecule has 2 N–H and O–H groups in total. The quantitative estimate of drug-likeness (QED) is 0.544. The predicted octanol–water partition coefficient (Wildman–Crippen LogP) is -0.313. The second kappa shape index (κ2) is 4.29. The van der Waals surface area contributed by atoms with Gasteiger partial charge in [-0.15, -0.1) is 0 Å². The molecule has 0 radical (unpaired) electrons. The third-order valence-corrected chi connectivity index (χ3v) is 2.53. The Morgan fingerprint density at radius 3 is 3.07 bits per heavy atom. The number of nitrogens with two attached hydrogens (primary N) is 1. The van der Waals surface area contributed by atoms with Crippen molar-refractivity contribution in [1.29, 1.82) is 0 Å². The van der Waals surface area contributed by atoms with E-state index >= 15 is 0 Å². The molecule has 82 valence electrons. The molecular formula is C9H16N6. The summed E-state index contributed by atoms with van der Waals surface area (Å²) in [5, 5.41) is 3.99. The molecule has 6 nitrogen and oxygen atoms in total. The number of rotatable bonds is 4. The molecule has 0 aromatic carbocycles. The van der Waals surface area contributed by atoms with Crippen molar-refractivity contribution in [2.45, 2.75) is 25.4 Å². The molecule has 1 heterocycles. The van der Waals surface area contributed by atoms with E-state index in [1.165, 1.54) is 19.2 Å². The molecule has 1 fully saturated rings. The number of aliphatic imine (C=N–C) groups is 1. The summed E-state index contributed by atoms with van der Waals surface area (Å²) in [6, 6.07) is 0.611. The Hall–Kier alpha value is -1.59. The van der Waals surface area contributed by atoms with Crippen LogP contribution in [0, 0.1) is 0 Å². The zero-order valence-corrected chi connectivity index (χ0v) is 8.87. The van der Waals surface area contributed by atoms with Crippen LogP contribution in [0.1, 0.15) is 12.8 Å². The van der Waals surface area contributed by atoms with Crippen LogP contribution in [0.15, 0.2) is 17.6 Å². The molecule has 1 aliphatic rings. The standard InChI is InChI=1S/C9H16N6/c1-14(8-2-3-8)9(10)12-4-5-15-7-11-6-13-15/h6-8H,2-5H2,1H3,(H2,10,12). The summed E-state index contributed by atoms with van der Waals surface area (Å²) in [4.78, 5) is 10.2. The first-order valence-electron chi connectivity index (χ1n) is 5.12. The summed E-state index contributed by atoms with van der Waals surface area (Å²) in [5.74, 6) is 0.623. The van der Waals surface area contributed by atoms with E-state index in [4.69, 9.17) is 5.73 Å². The summed E-state index contributed by atoms with van der Waals surface area (Å²) in [6.07, 6.45) is 5.66. The minimum absolute atomic E-state index is 0.611. The monoisotopic (exact) mass is 208 g/mol. The van der Waals surface area contributed by atoms with Crippen LogP contribution in [0.4, 0.5) is 0 Å². The minimum Gasteiger partial charge on any atom is -0.370 e. The Morgan fingerprint density at radius 1 is 1.67 bits per heavy atom. The topological polar surface area (TPSA) is 72.3 Å². The highest BCUT2D eigenvalue weighted by molar-refractivity contribution is 5.78. The van der Waals surface area contributed by atoms with Crippen LogP contribution in [-0.2, 0) is 6.54 Å². The van der Waals surface area contributed by atoms with Crippen LogP contribution in [0.5, 0.6) is 0 Å². The molecule has 0 atom stereocenters. The number of hydrogen-bond acceptors (Lipinski definition) is 3. The number of aromatic nitrogens is 3. The van der Waals surface area contributed by atoms with Gasteiger partial charge in [0.2, 0.25) is 0 Å². The van der Waals surface area contributed by atoms with E-state index in [2.05, 4.69) is 15.1 Å². The van der Waals surface area contributed by atoms with Gasteiger partial charge in [-0.05, 0) is 12.8 Å². The fraction of sp³-hybridized carbons (Fsp3) is 0.667. The summed E-state index contributed by atoms with van der Waals surface area (Å²) < 4.78 is 1.74. The SMILES string of the molecule is CN(C(N)=NCCn1cncn1)C1CC1. The van der Waals surface area contributed by atoms with Gasteiger partial charge >= 0.3 is 0 Å². The van der Waals surface area contributed by atoms with Crippen molar-refractivity contribution in [1.82, 2.24) is 19.7 Å². The van der Waals surface area contributed by atoms with Crippen LogP contribution < -0.4 is 5.73 Å². The average molecular weight is 208 g/mol. The first-order valence-corrected chi connectivity index (χ1v) is 5.12. The summed E-state index contributed by atoms with van der Waals surface area (Å²) in [6.45, 7) is 1.37. The predicted molar refractivity (Wildman–Crippen MR) is 57.3 cm³/mol. The van der Waals surface area contributed by atoms with Gasteiger partial charge in [0.1, 0.15) is 12.7 Å². The Labute approximate surface area is 88.8 Å². The van der Waals surface area contributed by atoms with Crippen molar-refractivity contribution in [2.24, 2.45) is 10.7 Å². The van der Waals surface area contributed by atoms with Crippen molar-refractivity contribution in [2.75, 3.05) is 13.6 Å². The number of guanidine groups is 1. The third kappa shape index (κ3) is 2.68. The van der Waals surface area contributed by atoms with Gasteiger partial charge in [-0.25, -0.2) is 4.98 Å². The maximum atomic E-state index is 5.83. The summed E-state index contributed by atoms with van der Waals surface area (Å²) in [7, 11) is 1.99. The molecule has 0 saturated heterocycles. The van der Waals surface area contributed by atoms with E-state index in [9.17, 15) is 0 Å². The highest BCUT2D eigenvalue weighted by Gasteiger charge is 2.27. The fourth-order valence-corrected chi connectivity index (χ4v) is 1.38. The number of nitrogens with zero attached hydrogens (tertiary/aromatic N) is 5. The van der Waals surface area contributed by atoms with Gasteiger partial charge in [0, 0.05) is 13.1 Å². The maximum absolute atomic E-state index is 5.83. The van der Waals surface area contributed by atoms with E-state index < -0.39 is 0 Å². The zero-order valence-electron chi connectivity index (χ0n) is 8.87. The molecule has 2 rings (SSSR count). The van der Waals surface area contributed by atoms with Gasteiger partial charge in [-0.2, -0.15) is 5.10 Å². The Balaban J connectivity index is 1.77. The first kappa shape index (κ1) is 9.95. The van der Waals surface area contributed by atoms with E-state index in [1.54, 1.807) is 11.0 Å². The average Bonchev–Trinajstić information content (AvgIpc) is 2.96. The van der Waals surface area contributed by atoms with E-state index in [-0.39, 0.29) is 0 Å². The van der Waals surface area contributed by atoms with Gasteiger partial charge in [0.05, 0.1) is 13.1 Å². The first-order chi connectivity index (χ1) is 7.27. The molecule has 0 unspecified atom stereocenters. The van der Waals surface area contributed by atoms with E-state index in [0.717, 1.165) is 6.54 Å². The van der Waals surface area contributed by atoms with Gasteiger partial charge in [-0.1, -0.05) is 0 Å². The van der Waals surface area contributed by atoms with Gasteiger partial charge < -0.3 is 10.6 Å². The molecule has 6 heteroatoms. The minimum atomic E-state index is 0.611. The lowest BCUT2D eigenvalue weighted by Gasteiger charge is -2.16. The number of hydrogen-bond donors (Lipinski definition) is 1. The molecule has 15 heavy (non-hydrogen) atoms. The van der Waals surface area contributed by atoms with Crippen molar-refractivity contribution in [3.05, 3.63) is 12.7 Å². The fourth-order valence-electron chi connectivity index (χ4n) is 1.38. The van der Waals surface area contributed by atoms with Gasteiger partial charge in [0.15, 0.2) is 5.96 Å². The Morgan fingerprint density at radius 2 is 2.47 bits per heavy atom. The van der Waals surface area contributed by atoms with Crippen molar-refractivity contribution >= 4 is 5.96 Å². The highest BCUT2D eigenvalue weighted by atomic mass is 15.3. The molecule has 1 aliphatic carbocycles. The lowest BCUT2D eigenvalue weighted by Crippen LogP contribution is -2.36. The summed E-state index contributed by atoms with van der Waals surface area (Å²) in [5.41, 5.74) is 5.83. The smallest absolute Gasteiger partial charge is 0.191 e. The van der Waals surface area contributed by atoms with Gasteiger partial charge in [0.25, 0.3) is 0 Å².